The third-order valence-electron chi connectivity index (χ3n) is 4.53. The Balaban J connectivity index is 1.96. The van der Waals surface area contributed by atoms with Crippen LogP contribution in [-0.2, 0) is 4.79 Å². The molecule has 0 fully saturated rings. The van der Waals surface area contributed by atoms with Crippen LogP contribution in [0.15, 0.2) is 83.0 Å². The number of allylic oxidation sites excluding steroid dienone is 3. The van der Waals surface area contributed by atoms with Gasteiger partial charge < -0.3 is 16.0 Å². The predicted octanol–water partition coefficient (Wildman–Crippen LogP) is 4.54. The van der Waals surface area contributed by atoms with Gasteiger partial charge in [0.15, 0.2) is 0 Å². The van der Waals surface area contributed by atoms with E-state index < -0.39 is 0 Å². The molecule has 0 saturated heterocycles. The van der Waals surface area contributed by atoms with E-state index in [1.54, 1.807) is 19.3 Å². The lowest BCUT2D eigenvalue weighted by Crippen LogP contribution is -2.18. The maximum Gasteiger partial charge on any atom is 0.276 e. The summed E-state index contributed by atoms with van der Waals surface area (Å²) in [4.78, 5) is 24.9. The molecule has 0 saturated carbocycles. The van der Waals surface area contributed by atoms with E-state index in [0.29, 0.717) is 17.1 Å². The maximum absolute atomic E-state index is 13.0. The molecular weight excluding hydrogens is 362 g/mol. The fourth-order valence-electron chi connectivity index (χ4n) is 2.79. The molecule has 0 atom stereocenters. The Morgan fingerprint density at radius 3 is 2.79 bits per heavy atom. The highest BCUT2D eigenvalue weighted by molar-refractivity contribution is 6.13. The molecule has 0 bridgehead atoms. The van der Waals surface area contributed by atoms with E-state index in [1.165, 1.54) is 0 Å². The third kappa shape index (κ3) is 4.99. The van der Waals surface area contributed by atoms with Crippen LogP contribution in [0.1, 0.15) is 32.8 Å². The number of H-pyrrole nitrogens is 1. The van der Waals surface area contributed by atoms with Crippen LogP contribution in [0.3, 0.4) is 0 Å². The summed E-state index contributed by atoms with van der Waals surface area (Å²) in [5.74, 6) is -0.358. The number of fused-ring (bicyclic) bond motifs is 1. The fraction of sp³-hybridized carbons (Fsp3) is 0.174. The lowest BCUT2D eigenvalue weighted by Gasteiger charge is -2.10. The second-order valence-corrected chi connectivity index (χ2v) is 6.85. The first kappa shape index (κ1) is 20.1. The molecule has 2 heterocycles. The van der Waals surface area contributed by atoms with Gasteiger partial charge in [0.25, 0.3) is 5.91 Å². The fourth-order valence-corrected chi connectivity index (χ4v) is 2.79. The van der Waals surface area contributed by atoms with Crippen LogP contribution in [-0.4, -0.2) is 21.6 Å². The molecule has 148 valence electrons. The molecule has 0 aliphatic heterocycles. The van der Waals surface area contributed by atoms with Crippen molar-refractivity contribution < 1.29 is 4.79 Å². The van der Waals surface area contributed by atoms with Crippen molar-refractivity contribution in [3.63, 3.8) is 0 Å². The molecule has 4 N–H and O–H groups in total. The zero-order valence-electron chi connectivity index (χ0n) is 16.9. The van der Waals surface area contributed by atoms with Gasteiger partial charge in [0.2, 0.25) is 0 Å². The number of aliphatic imine (C=N–C) groups is 1. The number of rotatable bonds is 6. The number of hydrogen-bond acceptors (Lipinski definition) is 4. The molecule has 6 heteroatoms. The van der Waals surface area contributed by atoms with E-state index in [4.69, 9.17) is 5.73 Å². The van der Waals surface area contributed by atoms with Crippen LogP contribution >= 0.6 is 0 Å². The van der Waals surface area contributed by atoms with Crippen LogP contribution in [0.2, 0.25) is 0 Å². The van der Waals surface area contributed by atoms with Gasteiger partial charge in [-0.25, -0.2) is 4.99 Å². The summed E-state index contributed by atoms with van der Waals surface area (Å²) in [6, 6.07) is 11.4. The Morgan fingerprint density at radius 2 is 2.10 bits per heavy atom. The van der Waals surface area contributed by atoms with Crippen LogP contribution in [0.25, 0.3) is 10.9 Å². The van der Waals surface area contributed by atoms with Gasteiger partial charge in [-0.2, -0.15) is 0 Å². The topological polar surface area (TPSA) is 96.2 Å². The number of carbonyl (C=O) groups is 1. The van der Waals surface area contributed by atoms with Gasteiger partial charge in [-0.15, -0.1) is 0 Å². The van der Waals surface area contributed by atoms with Crippen molar-refractivity contribution in [3.05, 3.63) is 83.6 Å². The van der Waals surface area contributed by atoms with Crippen LogP contribution < -0.4 is 11.1 Å². The zero-order chi connectivity index (χ0) is 20.8. The number of nitrogens with zero attached hydrogens (tertiary/aromatic N) is 2. The van der Waals surface area contributed by atoms with E-state index in [0.717, 1.165) is 28.5 Å². The van der Waals surface area contributed by atoms with Crippen LogP contribution in [0.5, 0.6) is 0 Å². The molecule has 0 unspecified atom stereocenters. The summed E-state index contributed by atoms with van der Waals surface area (Å²) >= 11 is 0. The lowest BCUT2D eigenvalue weighted by atomic mass is 10.1. The first-order valence-electron chi connectivity index (χ1n) is 9.49. The molecular formula is C23H25N5O. The average Bonchev–Trinajstić information content (AvgIpc) is 3.19. The van der Waals surface area contributed by atoms with Crippen LogP contribution in [0.4, 0.5) is 5.69 Å². The molecule has 0 spiro atoms. The van der Waals surface area contributed by atoms with Gasteiger partial charge in [0.05, 0.1) is 5.71 Å². The van der Waals surface area contributed by atoms with Crippen molar-refractivity contribution in [1.82, 2.24) is 9.97 Å². The highest BCUT2D eigenvalue weighted by Gasteiger charge is 2.14. The first-order valence-corrected chi connectivity index (χ1v) is 9.49. The number of anilines is 1. The Kier molecular flexibility index (Phi) is 6.24. The summed E-state index contributed by atoms with van der Waals surface area (Å²) in [7, 11) is 0. The van der Waals surface area contributed by atoms with Crippen molar-refractivity contribution in [1.29, 1.82) is 0 Å². The number of aromatic nitrogens is 2. The summed E-state index contributed by atoms with van der Waals surface area (Å²) in [6.07, 6.45) is 8.12. The Morgan fingerprint density at radius 1 is 1.28 bits per heavy atom. The first-order chi connectivity index (χ1) is 14.0. The van der Waals surface area contributed by atoms with E-state index in [2.05, 4.69) is 27.2 Å². The SMILES string of the molecule is CC/C(C)=C/C(=N\C(C(=O)Nc1ccc2[nH]ccc2c1)=C(/C)N)c1cccnc1. The standard InChI is InChI=1S/C23H25N5O/c1-4-15(2)12-21(18-6-5-10-25-14-18)28-22(16(3)24)23(29)27-19-7-8-20-17(13-19)9-11-26-20/h5-14,26H,4,24H2,1-3H3,(H,27,29)/b15-12+,22-16+,28-21+. The van der Waals surface area contributed by atoms with Gasteiger partial charge in [0, 0.05) is 46.4 Å². The van der Waals surface area contributed by atoms with Gasteiger partial charge in [-0.1, -0.05) is 12.5 Å². The summed E-state index contributed by atoms with van der Waals surface area (Å²) < 4.78 is 0. The molecule has 2 aromatic heterocycles. The molecule has 1 amide bonds. The summed E-state index contributed by atoms with van der Waals surface area (Å²) in [5.41, 5.74) is 10.8. The maximum atomic E-state index is 13.0. The molecule has 0 aliphatic rings. The van der Waals surface area contributed by atoms with Gasteiger partial charge >= 0.3 is 0 Å². The highest BCUT2D eigenvalue weighted by Crippen LogP contribution is 2.19. The largest absolute Gasteiger partial charge is 0.400 e. The second-order valence-electron chi connectivity index (χ2n) is 6.85. The predicted molar refractivity (Wildman–Crippen MR) is 119 cm³/mol. The smallest absolute Gasteiger partial charge is 0.276 e. The molecule has 0 aliphatic carbocycles. The normalized spacial score (nSPS) is 13.3. The highest BCUT2D eigenvalue weighted by atomic mass is 16.2. The molecule has 3 aromatic rings. The van der Waals surface area contributed by atoms with E-state index in [1.807, 2.05) is 55.6 Å². The lowest BCUT2D eigenvalue weighted by molar-refractivity contribution is -0.112. The number of hydrogen-bond donors (Lipinski definition) is 3. The molecule has 6 nitrogen and oxygen atoms in total. The average molecular weight is 387 g/mol. The zero-order valence-corrected chi connectivity index (χ0v) is 16.9. The number of aromatic amines is 1. The van der Waals surface area contributed by atoms with Crippen LogP contribution in [0, 0.1) is 0 Å². The minimum absolute atomic E-state index is 0.179. The number of benzene rings is 1. The quantitative estimate of drug-likeness (QED) is 0.428. The number of carbonyl (C=O) groups excluding carboxylic acids is 1. The van der Waals surface area contributed by atoms with Gasteiger partial charge in [0.1, 0.15) is 5.70 Å². The van der Waals surface area contributed by atoms with Crippen molar-refractivity contribution in [2.75, 3.05) is 5.32 Å². The molecule has 3 rings (SSSR count). The van der Waals surface area contributed by atoms with Crippen molar-refractivity contribution in [2.45, 2.75) is 27.2 Å². The Hall–Kier alpha value is -3.67. The molecule has 29 heavy (non-hydrogen) atoms. The Labute approximate surface area is 170 Å². The Bertz CT molecular complexity index is 1100. The second kappa shape index (κ2) is 9.01. The monoisotopic (exact) mass is 387 g/mol. The minimum atomic E-state index is -0.358. The number of nitrogens with one attached hydrogen (secondary N) is 2. The van der Waals surface area contributed by atoms with E-state index in [9.17, 15) is 4.79 Å². The number of nitrogens with two attached hydrogens (primary N) is 1. The van der Waals surface area contributed by atoms with E-state index >= 15 is 0 Å². The molecule has 1 aromatic carbocycles. The summed E-state index contributed by atoms with van der Waals surface area (Å²) in [5, 5.41) is 3.91. The molecule has 0 radical (unpaired) electrons. The van der Waals surface area contributed by atoms with E-state index in [-0.39, 0.29) is 11.6 Å². The number of pyridine rings is 1. The van der Waals surface area contributed by atoms with Crippen molar-refractivity contribution >= 4 is 28.2 Å². The number of amides is 1. The summed E-state index contributed by atoms with van der Waals surface area (Å²) in [6.45, 7) is 5.77. The van der Waals surface area contributed by atoms with Gasteiger partial charge in [-0.05, 0) is 62.7 Å². The minimum Gasteiger partial charge on any atom is -0.400 e. The van der Waals surface area contributed by atoms with Crippen molar-refractivity contribution in [2.24, 2.45) is 10.7 Å². The van der Waals surface area contributed by atoms with Gasteiger partial charge in [-0.3, -0.25) is 9.78 Å². The van der Waals surface area contributed by atoms with Crippen molar-refractivity contribution in [3.8, 4) is 0 Å². The third-order valence-corrected chi connectivity index (χ3v) is 4.53.